The maximum atomic E-state index is 12.1. The number of benzene rings is 1. The lowest BCUT2D eigenvalue weighted by Crippen LogP contribution is -2.13. The van der Waals surface area contributed by atoms with Crippen LogP contribution >= 0.6 is 0 Å². The van der Waals surface area contributed by atoms with Crippen LogP contribution in [0, 0.1) is 5.92 Å². The molecule has 1 N–H and O–H groups in total. The van der Waals surface area contributed by atoms with Gasteiger partial charge in [0.15, 0.2) is 9.84 Å². The Morgan fingerprint density at radius 2 is 1.77 bits per heavy atom. The molecule has 0 saturated heterocycles. The van der Waals surface area contributed by atoms with Gasteiger partial charge in [0.1, 0.15) is 0 Å². The highest BCUT2D eigenvalue weighted by atomic mass is 32.2. The normalized spacial score (nSPS) is 17.9. The Hall–Kier alpha value is -1.13. The van der Waals surface area contributed by atoms with Crippen molar-refractivity contribution in [2.75, 3.05) is 6.61 Å². The van der Waals surface area contributed by atoms with Gasteiger partial charge in [0.2, 0.25) is 0 Å². The van der Waals surface area contributed by atoms with E-state index in [4.69, 9.17) is 0 Å². The van der Waals surface area contributed by atoms with Crippen molar-refractivity contribution in [2.24, 2.45) is 5.92 Å². The number of aliphatic hydroxyl groups is 1. The summed E-state index contributed by atoms with van der Waals surface area (Å²) < 4.78 is 24.3. The lowest BCUT2D eigenvalue weighted by atomic mass is 9.87. The van der Waals surface area contributed by atoms with E-state index in [1.165, 1.54) is 32.1 Å². The lowest BCUT2D eigenvalue weighted by Gasteiger charge is -2.19. The second kappa shape index (κ2) is 7.42. The van der Waals surface area contributed by atoms with E-state index in [2.05, 4.69) is 6.08 Å². The molecule has 0 aliphatic heterocycles. The van der Waals surface area contributed by atoms with Crippen molar-refractivity contribution < 1.29 is 13.5 Å². The maximum absolute atomic E-state index is 12.1. The van der Waals surface area contributed by atoms with Gasteiger partial charge >= 0.3 is 0 Å². The van der Waals surface area contributed by atoms with E-state index in [9.17, 15) is 13.5 Å². The summed E-state index contributed by atoms with van der Waals surface area (Å²) >= 11 is 0. The fourth-order valence-electron chi connectivity index (χ4n) is 2.96. The zero-order chi connectivity index (χ0) is 16.2. The molecule has 1 fully saturated rings. The minimum atomic E-state index is -3.24. The van der Waals surface area contributed by atoms with E-state index in [0.29, 0.717) is 10.8 Å². The summed E-state index contributed by atoms with van der Waals surface area (Å²) in [7, 11) is -3.24. The van der Waals surface area contributed by atoms with E-state index < -0.39 is 15.1 Å². The molecule has 1 aliphatic carbocycles. The third-order valence-electron chi connectivity index (χ3n) is 4.43. The van der Waals surface area contributed by atoms with Crippen LogP contribution in [0.1, 0.15) is 51.5 Å². The molecule has 4 heteroatoms. The minimum Gasteiger partial charge on any atom is -0.392 e. The number of sulfone groups is 1. The molecule has 0 heterocycles. The zero-order valence-corrected chi connectivity index (χ0v) is 14.3. The van der Waals surface area contributed by atoms with Gasteiger partial charge in [-0.2, -0.15) is 0 Å². The number of hydrogen-bond donors (Lipinski definition) is 1. The number of rotatable bonds is 5. The van der Waals surface area contributed by atoms with Crippen molar-refractivity contribution in [3.05, 3.63) is 35.9 Å². The molecule has 122 valence electrons. The molecular formula is C18H26O3S. The van der Waals surface area contributed by atoms with E-state index in [-0.39, 0.29) is 6.61 Å². The van der Waals surface area contributed by atoms with E-state index in [1.807, 2.05) is 0 Å². The van der Waals surface area contributed by atoms with Gasteiger partial charge < -0.3 is 5.11 Å². The molecule has 1 saturated carbocycles. The van der Waals surface area contributed by atoms with Crippen molar-refractivity contribution in [1.82, 2.24) is 0 Å². The van der Waals surface area contributed by atoms with Crippen molar-refractivity contribution in [1.29, 1.82) is 0 Å². The average Bonchev–Trinajstić information content (AvgIpc) is 2.53. The largest absolute Gasteiger partial charge is 0.392 e. The summed E-state index contributed by atoms with van der Waals surface area (Å²) in [6, 6.07) is 6.91. The Kier molecular flexibility index (Phi) is 5.81. The first-order valence-electron chi connectivity index (χ1n) is 8.11. The third-order valence-corrected chi connectivity index (χ3v) is 6.60. The topological polar surface area (TPSA) is 54.4 Å². The quantitative estimate of drug-likeness (QED) is 0.896. The van der Waals surface area contributed by atoms with E-state index in [0.717, 1.165) is 11.1 Å². The van der Waals surface area contributed by atoms with Gasteiger partial charge in [-0.15, -0.1) is 0 Å². The first-order valence-corrected chi connectivity index (χ1v) is 9.65. The molecule has 22 heavy (non-hydrogen) atoms. The van der Waals surface area contributed by atoms with Crippen molar-refractivity contribution >= 4 is 15.4 Å². The van der Waals surface area contributed by atoms with Gasteiger partial charge in [0.05, 0.1) is 16.8 Å². The molecule has 0 spiro atoms. The van der Waals surface area contributed by atoms with Crippen molar-refractivity contribution in [3.63, 3.8) is 0 Å². The minimum absolute atomic E-state index is 0.00717. The monoisotopic (exact) mass is 322 g/mol. The van der Waals surface area contributed by atoms with Gasteiger partial charge in [0, 0.05) is 0 Å². The van der Waals surface area contributed by atoms with Crippen LogP contribution in [-0.2, 0) is 9.84 Å². The molecule has 0 amide bonds. The van der Waals surface area contributed by atoms with Crippen LogP contribution in [0.15, 0.2) is 35.2 Å². The first kappa shape index (κ1) is 17.2. The van der Waals surface area contributed by atoms with Gasteiger partial charge in [-0.25, -0.2) is 8.42 Å². The summed E-state index contributed by atoms with van der Waals surface area (Å²) in [5.41, 5.74) is 1.82. The average molecular weight is 322 g/mol. The molecule has 0 radical (unpaired) electrons. The lowest BCUT2D eigenvalue weighted by molar-refractivity contribution is 0.347. The van der Waals surface area contributed by atoms with Crippen LogP contribution in [0.2, 0.25) is 0 Å². The predicted octanol–water partition coefficient (Wildman–Crippen LogP) is 3.82. The molecule has 0 unspecified atom stereocenters. The van der Waals surface area contributed by atoms with Crippen LogP contribution in [0.5, 0.6) is 0 Å². The molecule has 0 aromatic heterocycles. The molecule has 3 nitrogen and oxygen atoms in total. The van der Waals surface area contributed by atoms with Gasteiger partial charge in [-0.3, -0.25) is 0 Å². The second-order valence-corrected chi connectivity index (χ2v) is 8.87. The maximum Gasteiger partial charge on any atom is 0.180 e. The van der Waals surface area contributed by atoms with Crippen LogP contribution in [0.4, 0.5) is 0 Å². The number of aliphatic hydroxyl groups excluding tert-OH is 1. The van der Waals surface area contributed by atoms with Crippen LogP contribution in [0.25, 0.3) is 5.57 Å². The Morgan fingerprint density at radius 1 is 1.18 bits per heavy atom. The molecule has 1 aromatic carbocycles. The van der Waals surface area contributed by atoms with E-state index in [1.54, 1.807) is 38.1 Å². The van der Waals surface area contributed by atoms with Crippen molar-refractivity contribution in [3.8, 4) is 0 Å². The first-order chi connectivity index (χ1) is 10.4. The van der Waals surface area contributed by atoms with Gasteiger partial charge in [-0.1, -0.05) is 37.5 Å². The molecule has 1 aromatic rings. The Morgan fingerprint density at radius 3 is 2.27 bits per heavy atom. The second-order valence-electron chi connectivity index (χ2n) is 6.37. The van der Waals surface area contributed by atoms with Crippen LogP contribution < -0.4 is 0 Å². The fourth-order valence-corrected chi connectivity index (χ4v) is 4.02. The molecule has 0 atom stereocenters. The third kappa shape index (κ3) is 3.99. The van der Waals surface area contributed by atoms with Crippen molar-refractivity contribution in [2.45, 2.75) is 56.1 Å². The Bertz CT molecular complexity index is 606. The molecular weight excluding hydrogens is 296 g/mol. The van der Waals surface area contributed by atoms with E-state index >= 15 is 0 Å². The van der Waals surface area contributed by atoms with Gasteiger partial charge in [0.25, 0.3) is 0 Å². The Balaban J connectivity index is 2.22. The smallest absolute Gasteiger partial charge is 0.180 e. The summed E-state index contributed by atoms with van der Waals surface area (Å²) in [4.78, 5) is 0.348. The highest BCUT2D eigenvalue weighted by Gasteiger charge is 2.19. The Labute approximate surface area is 134 Å². The fraction of sp³-hybridized carbons (Fsp3) is 0.556. The zero-order valence-electron chi connectivity index (χ0n) is 13.5. The molecule has 1 aliphatic rings. The van der Waals surface area contributed by atoms with Crippen LogP contribution in [-0.4, -0.2) is 25.4 Å². The standard InChI is InChI=1S/C18H26O3S/c1-14(2)22(20,21)18-10-8-16(9-11-18)17(13-19)12-15-6-4-3-5-7-15/h8-12,14-15,19H,3-7,13H2,1-2H3/b17-12-. The number of allylic oxidation sites excluding steroid dienone is 1. The predicted molar refractivity (Wildman–Crippen MR) is 90.4 cm³/mol. The molecule has 0 bridgehead atoms. The highest BCUT2D eigenvalue weighted by molar-refractivity contribution is 7.92. The molecule has 2 rings (SSSR count). The van der Waals surface area contributed by atoms with Crippen LogP contribution in [0.3, 0.4) is 0 Å². The summed E-state index contributed by atoms with van der Waals surface area (Å²) in [5.74, 6) is 0.537. The number of hydrogen-bond acceptors (Lipinski definition) is 3. The summed E-state index contributed by atoms with van der Waals surface area (Å²) in [5, 5.41) is 9.22. The summed E-state index contributed by atoms with van der Waals surface area (Å²) in [6.45, 7) is 3.36. The SMILES string of the molecule is CC(C)S(=O)(=O)c1ccc(/C(=C\C2CCCCC2)CO)cc1. The van der Waals surface area contributed by atoms with Gasteiger partial charge in [-0.05, 0) is 55.9 Å². The highest BCUT2D eigenvalue weighted by Crippen LogP contribution is 2.28. The summed E-state index contributed by atoms with van der Waals surface area (Å²) in [6.07, 6.45) is 8.36.